The van der Waals surface area contributed by atoms with E-state index >= 15 is 0 Å². The summed E-state index contributed by atoms with van der Waals surface area (Å²) >= 11 is 1.71. The second-order valence-electron chi connectivity index (χ2n) is 4.24. The van der Waals surface area contributed by atoms with E-state index in [1.807, 2.05) is 6.07 Å². The molecule has 0 radical (unpaired) electrons. The van der Waals surface area contributed by atoms with E-state index in [0.29, 0.717) is 0 Å². The van der Waals surface area contributed by atoms with E-state index in [-0.39, 0.29) is 0 Å². The number of benzene rings is 1. The zero-order valence-corrected chi connectivity index (χ0v) is 11.3. The fourth-order valence-corrected chi connectivity index (χ4v) is 2.48. The second kappa shape index (κ2) is 5.19. The summed E-state index contributed by atoms with van der Waals surface area (Å²) in [5, 5.41) is 18.9. The molecular formula is C13H13N5S. The van der Waals surface area contributed by atoms with Crippen molar-refractivity contribution in [3.05, 3.63) is 52.5 Å². The van der Waals surface area contributed by atoms with Crippen LogP contribution in [0.5, 0.6) is 0 Å². The minimum Gasteiger partial charge on any atom is -0.381 e. The average molecular weight is 271 g/mol. The van der Waals surface area contributed by atoms with Crippen molar-refractivity contribution in [2.75, 3.05) is 5.32 Å². The van der Waals surface area contributed by atoms with Crippen molar-refractivity contribution in [3.63, 3.8) is 0 Å². The highest BCUT2D eigenvalue weighted by Crippen LogP contribution is 2.20. The Kier molecular flexibility index (Phi) is 3.24. The molecule has 0 aliphatic heterocycles. The Labute approximate surface area is 114 Å². The van der Waals surface area contributed by atoms with Crippen LogP contribution in [-0.4, -0.2) is 20.2 Å². The summed E-state index contributed by atoms with van der Waals surface area (Å²) in [6.45, 7) is 2.91. The third-order valence-corrected chi connectivity index (χ3v) is 3.63. The Bertz CT molecular complexity index is 646. The highest BCUT2D eigenvalue weighted by Gasteiger charge is 2.03. The molecule has 0 amide bonds. The van der Waals surface area contributed by atoms with Gasteiger partial charge >= 0.3 is 0 Å². The quantitative estimate of drug-likeness (QED) is 0.792. The lowest BCUT2D eigenvalue weighted by Crippen LogP contribution is -2.02. The van der Waals surface area contributed by atoms with Crippen LogP contribution in [0.1, 0.15) is 11.1 Å². The number of anilines is 1. The molecule has 0 spiro atoms. The number of hydrogen-bond donors (Lipinski definition) is 1. The molecule has 0 atom stereocenters. The van der Waals surface area contributed by atoms with Gasteiger partial charge in [0.25, 0.3) is 0 Å². The lowest BCUT2D eigenvalue weighted by Gasteiger charge is -2.10. The van der Waals surface area contributed by atoms with Crippen molar-refractivity contribution in [2.45, 2.75) is 13.5 Å². The van der Waals surface area contributed by atoms with Crippen molar-refractivity contribution >= 4 is 17.0 Å². The molecule has 2 aromatic heterocycles. The lowest BCUT2D eigenvalue weighted by molar-refractivity contribution is 0.789. The van der Waals surface area contributed by atoms with Gasteiger partial charge in [0.2, 0.25) is 0 Å². The molecule has 0 aliphatic rings. The number of nitrogens with zero attached hydrogens (tertiary/aromatic N) is 4. The van der Waals surface area contributed by atoms with Gasteiger partial charge in [0, 0.05) is 12.2 Å². The van der Waals surface area contributed by atoms with Crippen molar-refractivity contribution < 1.29 is 0 Å². The highest BCUT2D eigenvalue weighted by atomic mass is 32.1. The standard InChI is InChI=1S/C13H13N5S/c1-10-2-3-12(18-9-15-16-17-18)6-13(10)14-7-11-4-5-19-8-11/h2-6,8-9,14H,7H2,1H3. The Hall–Kier alpha value is -2.21. The number of tetrazole rings is 1. The first-order valence-corrected chi connectivity index (χ1v) is 6.86. The fraction of sp³-hybridized carbons (Fsp3) is 0.154. The van der Waals surface area contributed by atoms with Crippen LogP contribution in [0.2, 0.25) is 0 Å². The number of rotatable bonds is 4. The van der Waals surface area contributed by atoms with Gasteiger partial charge < -0.3 is 5.32 Å². The first kappa shape index (κ1) is 11.9. The monoisotopic (exact) mass is 271 g/mol. The Morgan fingerprint density at radius 2 is 2.26 bits per heavy atom. The summed E-state index contributed by atoms with van der Waals surface area (Å²) in [6, 6.07) is 8.24. The third kappa shape index (κ3) is 2.63. The molecule has 3 rings (SSSR count). The van der Waals surface area contributed by atoms with E-state index < -0.39 is 0 Å². The van der Waals surface area contributed by atoms with E-state index in [1.165, 1.54) is 11.1 Å². The summed E-state index contributed by atoms with van der Waals surface area (Å²) in [5.41, 5.74) is 4.53. The second-order valence-corrected chi connectivity index (χ2v) is 5.02. The van der Waals surface area contributed by atoms with E-state index in [0.717, 1.165) is 17.9 Å². The van der Waals surface area contributed by atoms with Crippen LogP contribution in [0.3, 0.4) is 0 Å². The molecule has 0 saturated carbocycles. The van der Waals surface area contributed by atoms with Crippen molar-refractivity contribution in [1.82, 2.24) is 20.2 Å². The average Bonchev–Trinajstić information content (AvgIpc) is 3.11. The topological polar surface area (TPSA) is 55.6 Å². The Balaban J connectivity index is 1.82. The molecule has 19 heavy (non-hydrogen) atoms. The van der Waals surface area contributed by atoms with E-state index in [9.17, 15) is 0 Å². The smallest absolute Gasteiger partial charge is 0.143 e. The maximum absolute atomic E-state index is 3.90. The Morgan fingerprint density at radius 1 is 1.32 bits per heavy atom. The van der Waals surface area contributed by atoms with Gasteiger partial charge in [0.05, 0.1) is 5.69 Å². The minimum absolute atomic E-state index is 0.823. The molecule has 96 valence electrons. The van der Waals surface area contributed by atoms with E-state index in [1.54, 1.807) is 22.3 Å². The fourth-order valence-electron chi connectivity index (χ4n) is 1.81. The first-order chi connectivity index (χ1) is 9.33. The van der Waals surface area contributed by atoms with Crippen molar-refractivity contribution in [3.8, 4) is 5.69 Å². The summed E-state index contributed by atoms with van der Waals surface area (Å²) in [4.78, 5) is 0. The van der Waals surface area contributed by atoms with Gasteiger partial charge in [-0.3, -0.25) is 0 Å². The third-order valence-electron chi connectivity index (χ3n) is 2.90. The number of hydrogen-bond acceptors (Lipinski definition) is 5. The van der Waals surface area contributed by atoms with Crippen LogP contribution in [0.25, 0.3) is 5.69 Å². The van der Waals surface area contributed by atoms with Crippen LogP contribution >= 0.6 is 11.3 Å². The van der Waals surface area contributed by atoms with Gasteiger partial charge in [-0.25, -0.2) is 4.68 Å². The molecule has 1 N–H and O–H groups in total. The number of nitrogens with one attached hydrogen (secondary N) is 1. The predicted molar refractivity (Wildman–Crippen MR) is 75.5 cm³/mol. The SMILES string of the molecule is Cc1ccc(-n2cnnn2)cc1NCc1ccsc1. The van der Waals surface area contributed by atoms with Gasteiger partial charge in [-0.15, -0.1) is 5.10 Å². The molecular weight excluding hydrogens is 258 g/mol. The Morgan fingerprint density at radius 3 is 3.00 bits per heavy atom. The summed E-state index contributed by atoms with van der Waals surface area (Å²) in [7, 11) is 0. The number of thiophene rings is 1. The zero-order chi connectivity index (χ0) is 13.1. The van der Waals surface area contributed by atoms with Crippen LogP contribution in [0, 0.1) is 6.92 Å². The summed E-state index contributed by atoms with van der Waals surface area (Å²) in [5.74, 6) is 0. The molecule has 6 heteroatoms. The van der Waals surface area contributed by atoms with Crippen molar-refractivity contribution in [2.24, 2.45) is 0 Å². The zero-order valence-electron chi connectivity index (χ0n) is 10.4. The molecule has 0 aliphatic carbocycles. The van der Waals surface area contributed by atoms with E-state index in [4.69, 9.17) is 0 Å². The van der Waals surface area contributed by atoms with Gasteiger partial charge in [-0.1, -0.05) is 6.07 Å². The molecule has 3 aromatic rings. The van der Waals surface area contributed by atoms with Crippen LogP contribution in [0.15, 0.2) is 41.4 Å². The molecule has 0 saturated heterocycles. The van der Waals surface area contributed by atoms with Crippen LogP contribution < -0.4 is 5.32 Å². The van der Waals surface area contributed by atoms with Crippen molar-refractivity contribution in [1.29, 1.82) is 0 Å². The van der Waals surface area contributed by atoms with Crippen LogP contribution in [-0.2, 0) is 6.54 Å². The molecule has 2 heterocycles. The molecule has 5 nitrogen and oxygen atoms in total. The lowest BCUT2D eigenvalue weighted by atomic mass is 10.1. The normalized spacial score (nSPS) is 10.6. The molecule has 1 aromatic carbocycles. The van der Waals surface area contributed by atoms with Gasteiger partial charge in [-0.05, 0) is 57.4 Å². The largest absolute Gasteiger partial charge is 0.381 e. The molecule has 0 fully saturated rings. The number of aromatic nitrogens is 4. The number of aryl methyl sites for hydroxylation is 1. The van der Waals surface area contributed by atoms with E-state index in [2.05, 4.69) is 56.7 Å². The maximum atomic E-state index is 3.90. The van der Waals surface area contributed by atoms with Gasteiger partial charge in [0.1, 0.15) is 6.33 Å². The highest BCUT2D eigenvalue weighted by molar-refractivity contribution is 7.07. The maximum Gasteiger partial charge on any atom is 0.143 e. The van der Waals surface area contributed by atoms with Crippen LogP contribution in [0.4, 0.5) is 5.69 Å². The minimum atomic E-state index is 0.823. The summed E-state index contributed by atoms with van der Waals surface area (Å²) in [6.07, 6.45) is 1.59. The first-order valence-electron chi connectivity index (χ1n) is 5.92. The molecule has 0 unspecified atom stereocenters. The predicted octanol–water partition coefficient (Wildman–Crippen LogP) is 2.64. The summed E-state index contributed by atoms with van der Waals surface area (Å²) < 4.78 is 1.65. The van der Waals surface area contributed by atoms with Gasteiger partial charge in [-0.2, -0.15) is 11.3 Å². The molecule has 0 bridgehead atoms. The van der Waals surface area contributed by atoms with Gasteiger partial charge in [0.15, 0.2) is 0 Å².